The van der Waals surface area contributed by atoms with E-state index in [1.165, 1.54) is 0 Å². The van der Waals surface area contributed by atoms with E-state index in [1.54, 1.807) is 0 Å². The molecule has 7 heteroatoms. The number of rotatable bonds is 8. The van der Waals surface area contributed by atoms with Crippen LogP contribution in [0.15, 0.2) is 97.1 Å². The molecule has 1 aliphatic heterocycles. The first-order valence-corrected chi connectivity index (χ1v) is 15.3. The van der Waals surface area contributed by atoms with E-state index in [4.69, 9.17) is 11.6 Å². The third-order valence-corrected chi connectivity index (χ3v) is 9.62. The van der Waals surface area contributed by atoms with Gasteiger partial charge in [0.1, 0.15) is 5.41 Å². The zero-order valence-electron chi connectivity index (χ0n) is 22.4. The molecule has 208 valence electrons. The maximum Gasteiger partial charge on any atom is 0.255 e. The molecular formula is C34H30ClIN2O3. The number of carbonyl (C=O) groups excluding carboxylic acids is 2. The number of benzene rings is 4. The van der Waals surface area contributed by atoms with Crippen LogP contribution in [0.2, 0.25) is 5.02 Å². The largest absolute Gasteiger partial charge is 0.392 e. The van der Waals surface area contributed by atoms with Crippen LogP contribution >= 0.6 is 34.2 Å². The predicted molar refractivity (Wildman–Crippen MR) is 169 cm³/mol. The smallest absolute Gasteiger partial charge is 0.255 e. The Bertz CT molecular complexity index is 1600. The van der Waals surface area contributed by atoms with Crippen LogP contribution in [0.1, 0.15) is 57.1 Å². The normalized spacial score (nSPS) is 20.0. The van der Waals surface area contributed by atoms with E-state index in [9.17, 15) is 14.7 Å². The molecule has 5 nitrogen and oxygen atoms in total. The molecular weight excluding hydrogens is 647 g/mol. The molecule has 41 heavy (non-hydrogen) atoms. The molecule has 1 fully saturated rings. The number of amides is 2. The highest BCUT2D eigenvalue weighted by Crippen LogP contribution is 2.51. The minimum Gasteiger partial charge on any atom is -0.392 e. The van der Waals surface area contributed by atoms with Crippen molar-refractivity contribution in [3.05, 3.63) is 139 Å². The summed E-state index contributed by atoms with van der Waals surface area (Å²) in [7, 11) is 0. The summed E-state index contributed by atoms with van der Waals surface area (Å²) in [4.78, 5) is 31.0. The van der Waals surface area contributed by atoms with E-state index in [0.717, 1.165) is 44.2 Å². The molecule has 0 spiro atoms. The van der Waals surface area contributed by atoms with Gasteiger partial charge in [-0.25, -0.2) is 0 Å². The average molecular weight is 677 g/mol. The van der Waals surface area contributed by atoms with Crippen molar-refractivity contribution in [1.82, 2.24) is 10.2 Å². The molecule has 6 rings (SSSR count). The van der Waals surface area contributed by atoms with Crippen molar-refractivity contribution in [3.63, 3.8) is 0 Å². The molecule has 1 aliphatic carbocycles. The first-order valence-electron chi connectivity index (χ1n) is 13.8. The number of halogens is 2. The number of nitrogens with zero attached hydrogens (tertiary/aromatic N) is 1. The molecule has 2 N–H and O–H groups in total. The summed E-state index contributed by atoms with van der Waals surface area (Å²) in [5.41, 5.74) is 3.57. The zero-order valence-corrected chi connectivity index (χ0v) is 25.3. The third kappa shape index (κ3) is 5.29. The van der Waals surface area contributed by atoms with Crippen LogP contribution < -0.4 is 5.32 Å². The lowest BCUT2D eigenvalue weighted by molar-refractivity contribution is -0.130. The number of fused-ring (bicyclic) bond motifs is 1. The van der Waals surface area contributed by atoms with Crippen molar-refractivity contribution in [2.75, 3.05) is 0 Å². The molecule has 2 amide bonds. The number of carbonyl (C=O) groups is 2. The fraction of sp³-hybridized carbons (Fsp3) is 0.235. The van der Waals surface area contributed by atoms with Gasteiger partial charge in [0, 0.05) is 26.7 Å². The molecule has 1 heterocycles. The van der Waals surface area contributed by atoms with Crippen LogP contribution in [0.4, 0.5) is 0 Å². The SMILES string of the molecule is O=C1c2ccccc2[C@](Cc2ccccc2I)(C(=O)NC2CC2)[C@H](c2ccc(CO)cc2)N1Cc1ccccc1Cl. The Morgan fingerprint density at radius 2 is 1.59 bits per heavy atom. The molecule has 0 radical (unpaired) electrons. The van der Waals surface area contributed by atoms with E-state index in [1.807, 2.05) is 89.8 Å². The second-order valence-electron chi connectivity index (χ2n) is 10.9. The van der Waals surface area contributed by atoms with E-state index < -0.39 is 11.5 Å². The van der Waals surface area contributed by atoms with Crippen molar-refractivity contribution >= 4 is 46.0 Å². The van der Waals surface area contributed by atoms with Crippen molar-refractivity contribution < 1.29 is 14.7 Å². The highest BCUT2D eigenvalue weighted by atomic mass is 127. The van der Waals surface area contributed by atoms with Crippen LogP contribution in [-0.2, 0) is 29.8 Å². The summed E-state index contributed by atoms with van der Waals surface area (Å²) in [6.07, 6.45) is 2.30. The second kappa shape index (κ2) is 11.6. The van der Waals surface area contributed by atoms with Gasteiger partial charge in [-0.05, 0) is 87.9 Å². The third-order valence-electron chi connectivity index (χ3n) is 8.20. The molecule has 4 aromatic rings. The minimum atomic E-state index is -1.13. The molecule has 0 unspecified atom stereocenters. The van der Waals surface area contributed by atoms with Crippen molar-refractivity contribution in [3.8, 4) is 0 Å². The Kier molecular flexibility index (Phi) is 7.90. The monoisotopic (exact) mass is 676 g/mol. The van der Waals surface area contributed by atoms with Gasteiger partial charge in [-0.3, -0.25) is 9.59 Å². The maximum absolute atomic E-state index is 14.8. The topological polar surface area (TPSA) is 69.6 Å². The fourth-order valence-corrected chi connectivity index (χ4v) is 6.76. The van der Waals surface area contributed by atoms with Gasteiger partial charge < -0.3 is 15.3 Å². The van der Waals surface area contributed by atoms with Gasteiger partial charge in [-0.1, -0.05) is 90.5 Å². The van der Waals surface area contributed by atoms with Crippen molar-refractivity contribution in [1.29, 1.82) is 0 Å². The van der Waals surface area contributed by atoms with Crippen molar-refractivity contribution in [2.24, 2.45) is 0 Å². The van der Waals surface area contributed by atoms with Crippen LogP contribution in [0.25, 0.3) is 0 Å². The number of hydrogen-bond acceptors (Lipinski definition) is 3. The molecule has 2 atom stereocenters. The maximum atomic E-state index is 14.8. The van der Waals surface area contributed by atoms with Gasteiger partial charge >= 0.3 is 0 Å². The highest BCUT2D eigenvalue weighted by Gasteiger charge is 2.57. The Balaban J connectivity index is 1.64. The zero-order chi connectivity index (χ0) is 28.6. The molecule has 0 aromatic heterocycles. The number of nitrogens with one attached hydrogen (secondary N) is 1. The van der Waals surface area contributed by atoms with Gasteiger partial charge in [0.15, 0.2) is 0 Å². The highest BCUT2D eigenvalue weighted by molar-refractivity contribution is 14.1. The quantitative estimate of drug-likeness (QED) is 0.207. The van der Waals surface area contributed by atoms with Gasteiger partial charge in [0.25, 0.3) is 5.91 Å². The summed E-state index contributed by atoms with van der Waals surface area (Å²) >= 11 is 8.97. The summed E-state index contributed by atoms with van der Waals surface area (Å²) in [6, 6.07) is 30.3. The van der Waals surface area contributed by atoms with Gasteiger partial charge in [-0.15, -0.1) is 0 Å². The first-order chi connectivity index (χ1) is 19.9. The van der Waals surface area contributed by atoms with E-state index in [2.05, 4.69) is 40.0 Å². The fourth-order valence-electron chi connectivity index (χ4n) is 5.99. The lowest BCUT2D eigenvalue weighted by atomic mass is 9.63. The van der Waals surface area contributed by atoms with Gasteiger partial charge in [-0.2, -0.15) is 0 Å². The Morgan fingerprint density at radius 3 is 2.27 bits per heavy atom. The van der Waals surface area contributed by atoms with Crippen LogP contribution in [0.3, 0.4) is 0 Å². The molecule has 2 aliphatic rings. The van der Waals surface area contributed by atoms with E-state index in [0.29, 0.717) is 17.0 Å². The van der Waals surface area contributed by atoms with E-state index >= 15 is 0 Å². The van der Waals surface area contributed by atoms with Crippen LogP contribution in [0, 0.1) is 3.57 Å². The van der Waals surface area contributed by atoms with Crippen LogP contribution in [0.5, 0.6) is 0 Å². The summed E-state index contributed by atoms with van der Waals surface area (Å²) in [5, 5.41) is 13.7. The van der Waals surface area contributed by atoms with Crippen LogP contribution in [-0.4, -0.2) is 27.9 Å². The number of hydrogen-bond donors (Lipinski definition) is 2. The summed E-state index contributed by atoms with van der Waals surface area (Å²) in [5.74, 6) is -0.227. The lowest BCUT2D eigenvalue weighted by Gasteiger charge is -2.50. The average Bonchev–Trinajstić information content (AvgIpc) is 3.82. The Labute approximate surface area is 258 Å². The van der Waals surface area contributed by atoms with Gasteiger partial charge in [0.2, 0.25) is 5.91 Å². The lowest BCUT2D eigenvalue weighted by Crippen LogP contribution is -2.60. The van der Waals surface area contributed by atoms with Crippen molar-refractivity contribution in [2.45, 2.75) is 49.9 Å². The summed E-state index contributed by atoms with van der Waals surface area (Å²) < 4.78 is 1.06. The first kappa shape index (κ1) is 27.9. The molecule has 1 saturated carbocycles. The van der Waals surface area contributed by atoms with E-state index in [-0.39, 0.29) is 31.0 Å². The minimum absolute atomic E-state index is 0.0833. The molecule has 0 bridgehead atoms. The standard InChI is InChI=1S/C34H30ClIN2O3/c35-29-11-5-1-8-25(29)20-38-31(23-15-13-22(21-39)14-16-23)34(33(41)37-26-17-18-26,19-24-7-2-6-12-30(24)36)28-10-4-3-9-27(28)32(38)40/h1-16,26,31,39H,17-21H2,(H,37,41)/t31-,34-/m0/s1. The predicted octanol–water partition coefficient (Wildman–Crippen LogP) is 6.59. The molecule has 4 aromatic carbocycles. The summed E-state index contributed by atoms with van der Waals surface area (Å²) in [6.45, 7) is 0.148. The number of aliphatic hydroxyl groups is 1. The Morgan fingerprint density at radius 1 is 0.927 bits per heavy atom. The van der Waals surface area contributed by atoms with Gasteiger partial charge in [0.05, 0.1) is 12.6 Å². The number of aliphatic hydroxyl groups excluding tert-OH is 1. The Hall–Kier alpha value is -3.20. The molecule has 0 saturated heterocycles. The second-order valence-corrected chi connectivity index (χ2v) is 12.4.